The Kier molecular flexibility index (Phi) is 10.6. The van der Waals surface area contributed by atoms with Crippen molar-refractivity contribution in [3.8, 4) is 11.1 Å². The summed E-state index contributed by atoms with van der Waals surface area (Å²) < 4.78 is 10.3. The lowest BCUT2D eigenvalue weighted by Crippen LogP contribution is -2.43. The average molecular weight is 590 g/mol. The predicted octanol–water partition coefficient (Wildman–Crippen LogP) is 4.76. The zero-order valence-corrected chi connectivity index (χ0v) is 23.5. The van der Waals surface area contributed by atoms with Crippen molar-refractivity contribution in [3.05, 3.63) is 102 Å². The zero-order valence-electron chi connectivity index (χ0n) is 22.7. The van der Waals surface area contributed by atoms with Gasteiger partial charge in [-0.2, -0.15) is 0 Å². The molecule has 0 unspecified atom stereocenters. The summed E-state index contributed by atoms with van der Waals surface area (Å²) in [5, 5.41) is 17.3. The summed E-state index contributed by atoms with van der Waals surface area (Å²) in [6.45, 7) is 3.64. The first kappa shape index (κ1) is 30.2. The molecular formula is C31H31N3O7S. The van der Waals surface area contributed by atoms with Crippen molar-refractivity contribution in [3.63, 3.8) is 0 Å². The van der Waals surface area contributed by atoms with Crippen LogP contribution in [0.2, 0.25) is 0 Å². The molecule has 218 valence electrons. The number of benzene rings is 3. The molecule has 4 rings (SSSR count). The summed E-state index contributed by atoms with van der Waals surface area (Å²) in [4.78, 5) is 48.1. The van der Waals surface area contributed by atoms with E-state index < -0.39 is 24.2 Å². The van der Waals surface area contributed by atoms with Gasteiger partial charge in [0.15, 0.2) is 0 Å². The third-order valence-corrected chi connectivity index (χ3v) is 7.40. The molecule has 3 aromatic rings. The molecule has 11 heteroatoms. The Labute approximate surface area is 247 Å². The van der Waals surface area contributed by atoms with E-state index in [4.69, 9.17) is 9.47 Å². The highest BCUT2D eigenvalue weighted by Crippen LogP contribution is 2.44. The van der Waals surface area contributed by atoms with Gasteiger partial charge in [-0.3, -0.25) is 10.1 Å². The number of hydrogen-bond acceptors (Lipinski definition) is 7. The molecule has 0 radical (unpaired) electrons. The van der Waals surface area contributed by atoms with E-state index in [0.717, 1.165) is 39.6 Å². The van der Waals surface area contributed by atoms with Gasteiger partial charge in [0, 0.05) is 17.4 Å². The van der Waals surface area contributed by atoms with E-state index in [9.17, 15) is 24.3 Å². The molecule has 0 aliphatic heterocycles. The molecule has 0 fully saturated rings. The van der Waals surface area contributed by atoms with Crippen molar-refractivity contribution in [2.24, 2.45) is 0 Å². The highest BCUT2D eigenvalue weighted by Gasteiger charge is 2.29. The van der Waals surface area contributed by atoms with Crippen LogP contribution >= 0.6 is 11.8 Å². The van der Waals surface area contributed by atoms with E-state index in [2.05, 4.69) is 22.5 Å². The summed E-state index contributed by atoms with van der Waals surface area (Å²) in [6, 6.07) is 21.4. The predicted molar refractivity (Wildman–Crippen MR) is 160 cm³/mol. The smallest absolute Gasteiger partial charge is 0.411 e. The number of carbonyl (C=O) groups excluding carboxylic acids is 3. The van der Waals surface area contributed by atoms with Gasteiger partial charge in [0.05, 0.1) is 12.3 Å². The quantitative estimate of drug-likeness (QED) is 0.127. The normalized spacial score (nSPS) is 12.3. The van der Waals surface area contributed by atoms with E-state index in [1.807, 2.05) is 48.5 Å². The number of carboxylic acids is 1. The SMILES string of the molecule is C=CCOC(=O)Nc1ccc(CC(=O)NCSC[C@H](NC(=O)OCC2c3ccccc3-c3ccccc32)C(=O)O)cc1. The van der Waals surface area contributed by atoms with Crippen LogP contribution in [-0.2, 0) is 25.5 Å². The summed E-state index contributed by atoms with van der Waals surface area (Å²) in [5.74, 6) is -1.41. The van der Waals surface area contributed by atoms with Gasteiger partial charge in [-0.1, -0.05) is 73.3 Å². The molecule has 4 N–H and O–H groups in total. The van der Waals surface area contributed by atoms with Crippen molar-refractivity contribution in [1.82, 2.24) is 10.6 Å². The molecule has 3 amide bonds. The molecular weight excluding hydrogens is 558 g/mol. The third-order valence-electron chi connectivity index (χ3n) is 6.49. The van der Waals surface area contributed by atoms with Crippen LogP contribution in [0.4, 0.5) is 15.3 Å². The van der Waals surface area contributed by atoms with Gasteiger partial charge >= 0.3 is 18.2 Å². The molecule has 0 spiro atoms. The Bertz CT molecular complexity index is 1400. The van der Waals surface area contributed by atoms with E-state index in [1.165, 1.54) is 6.08 Å². The maximum Gasteiger partial charge on any atom is 0.411 e. The number of alkyl carbamates (subject to hydrolysis) is 1. The summed E-state index contributed by atoms with van der Waals surface area (Å²) in [6.07, 6.45) is 0.135. The molecule has 1 aliphatic rings. The summed E-state index contributed by atoms with van der Waals surface area (Å²) in [5.41, 5.74) is 5.56. The minimum atomic E-state index is -1.20. The fraction of sp³-hybridized carbons (Fsp3) is 0.226. The highest BCUT2D eigenvalue weighted by atomic mass is 32.2. The molecule has 3 aromatic carbocycles. The van der Waals surface area contributed by atoms with Crippen molar-refractivity contribution >= 4 is 41.5 Å². The van der Waals surface area contributed by atoms with Crippen LogP contribution in [0.15, 0.2) is 85.5 Å². The molecule has 0 heterocycles. The second kappa shape index (κ2) is 14.7. The molecule has 0 saturated heterocycles. The van der Waals surface area contributed by atoms with E-state index in [1.54, 1.807) is 24.3 Å². The Hall–Kier alpha value is -4.77. The minimum Gasteiger partial charge on any atom is -0.480 e. The van der Waals surface area contributed by atoms with Gasteiger partial charge in [0.2, 0.25) is 5.91 Å². The first-order chi connectivity index (χ1) is 20.4. The van der Waals surface area contributed by atoms with Gasteiger partial charge in [-0.15, -0.1) is 11.8 Å². The number of aliphatic carboxylic acids is 1. The van der Waals surface area contributed by atoms with Crippen LogP contribution in [0.1, 0.15) is 22.6 Å². The molecule has 1 atom stereocenters. The standard InChI is InChI=1S/C31H31N3O7S/c1-2-15-40-30(38)33-21-13-11-20(12-14-21)16-28(35)32-19-42-18-27(29(36)37)34-31(39)41-17-26-24-9-5-3-7-22(24)23-8-4-6-10-25(23)26/h2-14,26-27H,1,15-19H2,(H,32,35)(H,33,38)(H,34,39)(H,36,37)/t27-/m0/s1. The Balaban J connectivity index is 1.18. The second-order valence-corrected chi connectivity index (χ2v) is 10.4. The van der Waals surface area contributed by atoms with Crippen molar-refractivity contribution in [2.45, 2.75) is 18.4 Å². The third kappa shape index (κ3) is 8.14. The highest BCUT2D eigenvalue weighted by molar-refractivity contribution is 7.99. The van der Waals surface area contributed by atoms with E-state index in [-0.39, 0.29) is 43.1 Å². The summed E-state index contributed by atoms with van der Waals surface area (Å²) in [7, 11) is 0. The molecule has 0 bridgehead atoms. The Morgan fingerprint density at radius 3 is 2.17 bits per heavy atom. The van der Waals surface area contributed by atoms with Crippen LogP contribution in [0.5, 0.6) is 0 Å². The number of thioether (sulfide) groups is 1. The lowest BCUT2D eigenvalue weighted by Gasteiger charge is -2.17. The fourth-order valence-corrected chi connectivity index (χ4v) is 5.35. The van der Waals surface area contributed by atoms with Gasteiger partial charge in [0.25, 0.3) is 0 Å². The first-order valence-electron chi connectivity index (χ1n) is 13.2. The minimum absolute atomic E-state index is 0.0299. The topological polar surface area (TPSA) is 143 Å². The Morgan fingerprint density at radius 1 is 0.905 bits per heavy atom. The number of ether oxygens (including phenoxy) is 2. The zero-order chi connectivity index (χ0) is 29.9. The lowest BCUT2D eigenvalue weighted by molar-refractivity contribution is -0.138. The number of fused-ring (bicyclic) bond motifs is 3. The maximum absolute atomic E-state index is 12.5. The van der Waals surface area contributed by atoms with Crippen LogP contribution in [0, 0.1) is 0 Å². The molecule has 0 aromatic heterocycles. The number of amides is 3. The van der Waals surface area contributed by atoms with E-state index >= 15 is 0 Å². The van der Waals surface area contributed by atoms with Gasteiger partial charge < -0.3 is 25.2 Å². The molecule has 42 heavy (non-hydrogen) atoms. The number of carboxylic acid groups (broad SMARTS) is 1. The molecule has 10 nitrogen and oxygen atoms in total. The summed E-state index contributed by atoms with van der Waals surface area (Å²) >= 11 is 1.16. The van der Waals surface area contributed by atoms with Crippen LogP contribution in [-0.4, -0.2) is 60.1 Å². The number of anilines is 1. The van der Waals surface area contributed by atoms with Gasteiger partial charge in [0.1, 0.15) is 19.3 Å². The number of rotatable bonds is 13. The first-order valence-corrected chi connectivity index (χ1v) is 14.3. The lowest BCUT2D eigenvalue weighted by atomic mass is 9.98. The van der Waals surface area contributed by atoms with Crippen LogP contribution < -0.4 is 16.0 Å². The largest absolute Gasteiger partial charge is 0.480 e. The van der Waals surface area contributed by atoms with Crippen molar-refractivity contribution in [1.29, 1.82) is 0 Å². The average Bonchev–Trinajstić information content (AvgIpc) is 3.31. The van der Waals surface area contributed by atoms with Crippen LogP contribution in [0.3, 0.4) is 0 Å². The maximum atomic E-state index is 12.5. The number of carbonyl (C=O) groups is 4. The second-order valence-electron chi connectivity index (χ2n) is 9.36. The monoisotopic (exact) mass is 589 g/mol. The number of nitrogens with one attached hydrogen (secondary N) is 3. The van der Waals surface area contributed by atoms with Crippen molar-refractivity contribution in [2.75, 3.05) is 30.2 Å². The molecule has 1 aliphatic carbocycles. The van der Waals surface area contributed by atoms with Crippen LogP contribution in [0.25, 0.3) is 11.1 Å². The number of hydrogen-bond donors (Lipinski definition) is 4. The fourth-order valence-electron chi connectivity index (χ4n) is 4.51. The van der Waals surface area contributed by atoms with Crippen molar-refractivity contribution < 1.29 is 33.8 Å². The molecule has 0 saturated carbocycles. The van der Waals surface area contributed by atoms with Gasteiger partial charge in [-0.05, 0) is 39.9 Å². The Morgan fingerprint density at radius 2 is 1.55 bits per heavy atom. The van der Waals surface area contributed by atoms with E-state index in [0.29, 0.717) is 5.69 Å². The van der Waals surface area contributed by atoms with Gasteiger partial charge in [-0.25, -0.2) is 14.4 Å².